The van der Waals surface area contributed by atoms with E-state index in [1.165, 1.54) is 14.2 Å². The molecule has 0 fully saturated rings. The van der Waals surface area contributed by atoms with Crippen molar-refractivity contribution in [2.24, 2.45) is 5.73 Å². The lowest BCUT2D eigenvalue weighted by Gasteiger charge is -2.16. The van der Waals surface area contributed by atoms with Crippen molar-refractivity contribution in [2.45, 2.75) is 20.0 Å². The zero-order valence-electron chi connectivity index (χ0n) is 16.0. The van der Waals surface area contributed by atoms with E-state index in [-0.39, 0.29) is 5.56 Å². The number of carbonyl (C=O) groups is 1. The highest BCUT2D eigenvalue weighted by molar-refractivity contribution is 5.87. The third kappa shape index (κ3) is 3.29. The van der Waals surface area contributed by atoms with E-state index < -0.39 is 12.0 Å². The molecular weight excluding hydrogens is 362 g/mol. The predicted octanol–water partition coefficient (Wildman–Crippen LogP) is 1.74. The molecule has 0 saturated carbocycles. The van der Waals surface area contributed by atoms with Crippen LogP contribution in [0.15, 0.2) is 29.1 Å². The maximum absolute atomic E-state index is 12.7. The quantitative estimate of drug-likeness (QED) is 0.616. The number of fused-ring (bicyclic) bond motifs is 1. The zero-order chi connectivity index (χ0) is 20.6. The number of aromatic amines is 1. The fourth-order valence-electron chi connectivity index (χ4n) is 3.31. The maximum Gasteiger partial charge on any atom is 0.262 e. The van der Waals surface area contributed by atoms with Crippen molar-refractivity contribution in [3.05, 3.63) is 51.3 Å². The number of aliphatic hydroxyl groups is 1. The van der Waals surface area contributed by atoms with Crippen molar-refractivity contribution in [2.75, 3.05) is 14.2 Å². The first-order valence-corrected chi connectivity index (χ1v) is 8.51. The normalized spacial score (nSPS) is 12.0. The molecule has 1 heterocycles. The highest BCUT2D eigenvalue weighted by Gasteiger charge is 2.20. The van der Waals surface area contributed by atoms with Gasteiger partial charge in [-0.3, -0.25) is 9.59 Å². The van der Waals surface area contributed by atoms with E-state index in [2.05, 4.69) is 9.97 Å². The number of H-pyrrole nitrogens is 1. The van der Waals surface area contributed by atoms with Gasteiger partial charge in [-0.25, -0.2) is 4.98 Å². The number of nitrogens with one attached hydrogen (secondary N) is 1. The minimum absolute atomic E-state index is 0.321. The van der Waals surface area contributed by atoms with Gasteiger partial charge in [0.1, 0.15) is 22.7 Å². The van der Waals surface area contributed by atoms with Crippen molar-refractivity contribution in [3.63, 3.8) is 0 Å². The molecule has 1 unspecified atom stereocenters. The Morgan fingerprint density at radius 1 is 1.14 bits per heavy atom. The topological polar surface area (TPSA) is 128 Å². The Balaban J connectivity index is 2.22. The summed E-state index contributed by atoms with van der Waals surface area (Å²) in [4.78, 5) is 31.3. The lowest BCUT2D eigenvalue weighted by atomic mass is 9.94. The van der Waals surface area contributed by atoms with Crippen LogP contribution >= 0.6 is 0 Å². The van der Waals surface area contributed by atoms with E-state index in [4.69, 9.17) is 15.2 Å². The van der Waals surface area contributed by atoms with Crippen LogP contribution in [0, 0.1) is 13.8 Å². The Hall–Kier alpha value is -3.39. The second kappa shape index (κ2) is 7.32. The second-order valence-electron chi connectivity index (χ2n) is 6.47. The van der Waals surface area contributed by atoms with Crippen molar-refractivity contribution in [1.29, 1.82) is 0 Å². The van der Waals surface area contributed by atoms with Crippen LogP contribution < -0.4 is 20.8 Å². The van der Waals surface area contributed by atoms with E-state index in [1.54, 1.807) is 38.1 Å². The summed E-state index contributed by atoms with van der Waals surface area (Å²) in [5.74, 6) is 0.400. The number of methoxy groups -OCH3 is 2. The highest BCUT2D eigenvalue weighted by Crippen LogP contribution is 2.30. The maximum atomic E-state index is 12.7. The van der Waals surface area contributed by atoms with Gasteiger partial charge >= 0.3 is 0 Å². The van der Waals surface area contributed by atoms with Gasteiger partial charge in [0.25, 0.3) is 11.5 Å². The average Bonchev–Trinajstić information content (AvgIpc) is 2.65. The van der Waals surface area contributed by atoms with Gasteiger partial charge in [0.15, 0.2) is 6.10 Å². The number of hydrogen-bond acceptors (Lipinski definition) is 6. The van der Waals surface area contributed by atoms with Crippen LogP contribution in [0.5, 0.6) is 11.5 Å². The number of rotatable bonds is 5. The standard InChI is InChI=1S/C20H21N3O5/c1-9-5-11(6-10(2)15(9)17(24)18(21)25)19-22-13-7-12(27-3)8-14(28-4)16(13)20(26)23-19/h5-8,17,24H,1-4H3,(H2,21,25)(H,22,23,26). The molecule has 0 bridgehead atoms. The number of aliphatic hydroxyl groups excluding tert-OH is 1. The van der Waals surface area contributed by atoms with Crippen LogP contribution in [0.2, 0.25) is 0 Å². The summed E-state index contributed by atoms with van der Waals surface area (Å²) >= 11 is 0. The number of aromatic nitrogens is 2. The van der Waals surface area contributed by atoms with Crippen LogP contribution in [0.25, 0.3) is 22.3 Å². The molecule has 1 atom stereocenters. The lowest BCUT2D eigenvalue weighted by Crippen LogP contribution is -2.22. The monoisotopic (exact) mass is 383 g/mol. The second-order valence-corrected chi connectivity index (χ2v) is 6.47. The van der Waals surface area contributed by atoms with E-state index in [1.807, 2.05) is 0 Å². The van der Waals surface area contributed by atoms with Gasteiger partial charge in [-0.05, 0) is 42.7 Å². The highest BCUT2D eigenvalue weighted by atomic mass is 16.5. The molecule has 0 radical (unpaired) electrons. The molecule has 3 rings (SSSR count). The average molecular weight is 383 g/mol. The van der Waals surface area contributed by atoms with Gasteiger partial charge < -0.3 is 25.3 Å². The molecule has 1 amide bonds. The number of amides is 1. The molecule has 3 aromatic rings. The van der Waals surface area contributed by atoms with Crippen LogP contribution in [0.4, 0.5) is 0 Å². The number of carbonyl (C=O) groups excluding carboxylic acids is 1. The fourth-order valence-corrected chi connectivity index (χ4v) is 3.31. The molecule has 4 N–H and O–H groups in total. The minimum Gasteiger partial charge on any atom is -0.497 e. The zero-order valence-corrected chi connectivity index (χ0v) is 16.0. The van der Waals surface area contributed by atoms with Gasteiger partial charge in [0, 0.05) is 17.7 Å². The van der Waals surface area contributed by atoms with Gasteiger partial charge in [-0.2, -0.15) is 0 Å². The molecule has 1 aromatic heterocycles. The summed E-state index contributed by atoms with van der Waals surface area (Å²) in [6.45, 7) is 3.51. The largest absolute Gasteiger partial charge is 0.497 e. The summed E-state index contributed by atoms with van der Waals surface area (Å²) in [5.41, 5.74) is 7.69. The Kier molecular flexibility index (Phi) is 5.06. The SMILES string of the molecule is COc1cc(OC)c2c(=O)[nH]c(-c3cc(C)c(C(O)C(N)=O)c(C)c3)nc2c1. The van der Waals surface area contributed by atoms with Crippen LogP contribution in [0.1, 0.15) is 22.8 Å². The summed E-state index contributed by atoms with van der Waals surface area (Å²) < 4.78 is 10.5. The van der Waals surface area contributed by atoms with Crippen molar-refractivity contribution >= 4 is 16.8 Å². The number of aryl methyl sites for hydroxylation is 2. The van der Waals surface area contributed by atoms with Crippen LogP contribution in [0.3, 0.4) is 0 Å². The number of nitrogens with zero attached hydrogens (tertiary/aromatic N) is 1. The summed E-state index contributed by atoms with van der Waals surface area (Å²) in [6, 6.07) is 6.74. The first kappa shape index (κ1) is 19.4. The third-order valence-corrected chi connectivity index (χ3v) is 4.61. The summed E-state index contributed by atoms with van der Waals surface area (Å²) in [7, 11) is 2.99. The van der Waals surface area contributed by atoms with Crippen LogP contribution in [-0.4, -0.2) is 35.2 Å². The lowest BCUT2D eigenvalue weighted by molar-refractivity contribution is -0.126. The smallest absolute Gasteiger partial charge is 0.262 e. The molecular formula is C20H21N3O5. The Morgan fingerprint density at radius 3 is 2.32 bits per heavy atom. The number of hydrogen-bond donors (Lipinski definition) is 3. The van der Waals surface area contributed by atoms with Gasteiger partial charge in [0.2, 0.25) is 0 Å². The molecule has 0 aliphatic carbocycles. The van der Waals surface area contributed by atoms with Gasteiger partial charge in [-0.15, -0.1) is 0 Å². The Morgan fingerprint density at radius 2 is 1.79 bits per heavy atom. The minimum atomic E-state index is -1.40. The molecule has 28 heavy (non-hydrogen) atoms. The summed E-state index contributed by atoms with van der Waals surface area (Å²) in [5, 5.41) is 10.4. The molecule has 8 nitrogen and oxygen atoms in total. The number of benzene rings is 2. The molecule has 0 aliphatic rings. The third-order valence-electron chi connectivity index (χ3n) is 4.61. The van der Waals surface area contributed by atoms with Crippen molar-refractivity contribution < 1.29 is 19.4 Å². The van der Waals surface area contributed by atoms with E-state index in [0.717, 1.165) is 0 Å². The van der Waals surface area contributed by atoms with Gasteiger partial charge in [-0.1, -0.05) is 0 Å². The number of primary amides is 1. The molecule has 0 saturated heterocycles. The molecule has 0 spiro atoms. The molecule has 2 aromatic carbocycles. The van der Waals surface area contributed by atoms with Gasteiger partial charge in [0.05, 0.1) is 19.7 Å². The van der Waals surface area contributed by atoms with Crippen LogP contribution in [-0.2, 0) is 4.79 Å². The van der Waals surface area contributed by atoms with E-state index >= 15 is 0 Å². The number of ether oxygens (including phenoxy) is 2. The first-order chi connectivity index (χ1) is 13.3. The van der Waals surface area contributed by atoms with E-state index in [0.29, 0.717) is 50.5 Å². The van der Waals surface area contributed by atoms with Crippen molar-refractivity contribution in [1.82, 2.24) is 9.97 Å². The van der Waals surface area contributed by atoms with Crippen molar-refractivity contribution in [3.8, 4) is 22.9 Å². The predicted molar refractivity (Wildman–Crippen MR) is 105 cm³/mol. The molecule has 8 heteroatoms. The summed E-state index contributed by atoms with van der Waals surface area (Å²) in [6.07, 6.45) is -1.40. The number of nitrogens with two attached hydrogens (primary N) is 1. The molecule has 146 valence electrons. The first-order valence-electron chi connectivity index (χ1n) is 8.51. The Bertz CT molecular complexity index is 1110. The molecule has 0 aliphatic heterocycles. The Labute approximate surface area is 160 Å². The van der Waals surface area contributed by atoms with E-state index in [9.17, 15) is 14.7 Å². The fraction of sp³-hybridized carbons (Fsp3) is 0.250.